The molecule has 0 bridgehead atoms. The Kier molecular flexibility index (Phi) is 5.92. The molecule has 176 valence electrons. The molecule has 3 aromatic rings. The number of benzene rings is 1. The number of rotatable bonds is 4. The second kappa shape index (κ2) is 9.20. The summed E-state index contributed by atoms with van der Waals surface area (Å²) in [5, 5.41) is 10.4. The summed E-state index contributed by atoms with van der Waals surface area (Å²) < 4.78 is 17.2. The molecule has 1 saturated carbocycles. The highest BCUT2D eigenvalue weighted by Crippen LogP contribution is 2.32. The summed E-state index contributed by atoms with van der Waals surface area (Å²) in [4.78, 5) is 12.3. The Bertz CT molecular complexity index is 1240. The molecule has 2 saturated heterocycles. The molecule has 2 aliphatic heterocycles. The van der Waals surface area contributed by atoms with Gasteiger partial charge in [-0.1, -0.05) is 48.4 Å². The molecule has 0 amide bonds. The van der Waals surface area contributed by atoms with Gasteiger partial charge < -0.3 is 24.3 Å². The Balaban J connectivity index is 1.18. The van der Waals surface area contributed by atoms with Crippen molar-refractivity contribution in [2.24, 2.45) is 5.92 Å². The number of nitrogens with zero attached hydrogens (tertiary/aromatic N) is 2. The van der Waals surface area contributed by atoms with Crippen molar-refractivity contribution in [3.05, 3.63) is 40.9 Å². The zero-order valence-electron chi connectivity index (χ0n) is 18.7. The van der Waals surface area contributed by atoms with Crippen LogP contribution in [-0.4, -0.2) is 57.7 Å². The van der Waals surface area contributed by atoms with E-state index in [0.717, 1.165) is 23.5 Å². The fourth-order valence-electron chi connectivity index (χ4n) is 5.07. The maximum Gasteiger partial charge on any atom is 0.296 e. The van der Waals surface area contributed by atoms with Crippen LogP contribution < -0.4 is 4.74 Å². The summed E-state index contributed by atoms with van der Waals surface area (Å²) in [6, 6.07) is 10.1. The molecule has 2 aromatic heterocycles. The molecule has 8 heteroatoms. The van der Waals surface area contributed by atoms with Crippen LogP contribution in [-0.2, 0) is 9.47 Å². The van der Waals surface area contributed by atoms with Crippen molar-refractivity contribution in [2.45, 2.75) is 56.5 Å². The SMILES string of the molecule is O[C@@H]1CO[C@H]2C1OC[C@H]2Oc1nc2nc(-c3ccc(C#CCC4CCCC4)cc3)c(Cl)cc2[nH]1. The fraction of sp³-hybridized carbons (Fsp3) is 0.462. The van der Waals surface area contributed by atoms with Crippen LogP contribution in [0.3, 0.4) is 0 Å². The molecular weight excluding hydrogens is 454 g/mol. The molecular formula is C26H26ClN3O4. The summed E-state index contributed by atoms with van der Waals surface area (Å²) in [7, 11) is 0. The average molecular weight is 480 g/mol. The van der Waals surface area contributed by atoms with E-state index in [2.05, 4.69) is 26.8 Å². The summed E-state index contributed by atoms with van der Waals surface area (Å²) in [5.74, 6) is 7.38. The Morgan fingerprint density at radius 1 is 1.09 bits per heavy atom. The van der Waals surface area contributed by atoms with Crippen molar-refractivity contribution >= 4 is 22.8 Å². The third-order valence-corrected chi connectivity index (χ3v) is 7.19. The zero-order valence-corrected chi connectivity index (χ0v) is 19.4. The van der Waals surface area contributed by atoms with Crippen LogP contribution in [0.1, 0.15) is 37.7 Å². The second-order valence-electron chi connectivity index (χ2n) is 9.29. The molecule has 3 fully saturated rings. The Hall–Kier alpha value is -2.63. The number of aromatic amines is 1. The standard InChI is InChI=1S/C26H26ClN3O4/c27-18-12-19-25(30-26(28-19)34-21-14-33-23-20(31)13-32-24(21)23)29-22(18)17-10-8-16(9-11-17)7-3-6-15-4-1-2-5-15/h8-12,15,20-21,23-24,31H,1-2,4-6,13-14H2,(H,28,29,30)/t20-,21-,23?,24-/m1/s1. The van der Waals surface area contributed by atoms with E-state index in [4.69, 9.17) is 25.8 Å². The zero-order chi connectivity index (χ0) is 23.1. The monoisotopic (exact) mass is 479 g/mol. The van der Waals surface area contributed by atoms with Gasteiger partial charge in [0, 0.05) is 17.5 Å². The van der Waals surface area contributed by atoms with Crippen LogP contribution in [0.2, 0.25) is 5.02 Å². The molecule has 6 rings (SSSR count). The third kappa shape index (κ3) is 4.27. The molecule has 7 nitrogen and oxygen atoms in total. The summed E-state index contributed by atoms with van der Waals surface area (Å²) in [6.45, 7) is 0.583. The number of fused-ring (bicyclic) bond motifs is 2. The lowest BCUT2D eigenvalue weighted by Crippen LogP contribution is -2.34. The maximum absolute atomic E-state index is 9.91. The number of imidazole rings is 1. The fourth-order valence-corrected chi connectivity index (χ4v) is 5.33. The van der Waals surface area contributed by atoms with Gasteiger partial charge in [0.05, 0.1) is 29.4 Å². The maximum atomic E-state index is 9.91. The normalized spacial score (nSPS) is 26.5. The number of nitrogens with one attached hydrogen (secondary N) is 1. The molecule has 1 aliphatic carbocycles. The largest absolute Gasteiger partial charge is 0.456 e. The van der Waals surface area contributed by atoms with Gasteiger partial charge >= 0.3 is 0 Å². The highest BCUT2D eigenvalue weighted by molar-refractivity contribution is 6.33. The number of aliphatic hydroxyl groups excluding tert-OH is 1. The lowest BCUT2D eigenvalue weighted by molar-refractivity contribution is 0.00706. The molecule has 0 spiro atoms. The van der Waals surface area contributed by atoms with Crippen molar-refractivity contribution in [2.75, 3.05) is 13.2 Å². The van der Waals surface area contributed by atoms with Gasteiger partial charge in [-0.3, -0.25) is 0 Å². The first-order chi connectivity index (χ1) is 16.6. The summed E-state index contributed by atoms with van der Waals surface area (Å²) in [6.07, 6.45) is 4.66. The lowest BCUT2D eigenvalue weighted by atomic mass is 10.0. The van der Waals surface area contributed by atoms with Gasteiger partial charge in [-0.2, -0.15) is 4.98 Å². The van der Waals surface area contributed by atoms with E-state index in [1.165, 1.54) is 25.7 Å². The van der Waals surface area contributed by atoms with Crippen LogP contribution in [0.15, 0.2) is 30.3 Å². The molecule has 1 aromatic carbocycles. The number of halogens is 1. The number of ether oxygens (including phenoxy) is 3. The van der Waals surface area contributed by atoms with Crippen molar-refractivity contribution < 1.29 is 19.3 Å². The van der Waals surface area contributed by atoms with Gasteiger partial charge in [0.25, 0.3) is 6.01 Å². The smallest absolute Gasteiger partial charge is 0.296 e. The Labute approximate surface area is 202 Å². The van der Waals surface area contributed by atoms with Crippen LogP contribution in [0, 0.1) is 17.8 Å². The molecule has 2 N–H and O–H groups in total. The Morgan fingerprint density at radius 3 is 2.71 bits per heavy atom. The molecule has 34 heavy (non-hydrogen) atoms. The number of hydrogen-bond acceptors (Lipinski definition) is 6. The van der Waals surface area contributed by atoms with Gasteiger partial charge in [0.15, 0.2) is 11.8 Å². The minimum Gasteiger partial charge on any atom is -0.456 e. The molecule has 4 heterocycles. The van der Waals surface area contributed by atoms with E-state index in [9.17, 15) is 5.11 Å². The molecule has 0 radical (unpaired) electrons. The van der Waals surface area contributed by atoms with Crippen molar-refractivity contribution in [3.63, 3.8) is 0 Å². The van der Waals surface area contributed by atoms with Gasteiger partial charge in [-0.25, -0.2) is 4.98 Å². The number of hydrogen-bond donors (Lipinski definition) is 2. The van der Waals surface area contributed by atoms with Crippen molar-refractivity contribution in [1.29, 1.82) is 0 Å². The van der Waals surface area contributed by atoms with Crippen molar-refractivity contribution in [1.82, 2.24) is 15.0 Å². The Morgan fingerprint density at radius 2 is 1.88 bits per heavy atom. The predicted octanol–water partition coefficient (Wildman–Crippen LogP) is 4.12. The van der Waals surface area contributed by atoms with Crippen LogP contribution in [0.5, 0.6) is 6.01 Å². The number of aromatic nitrogens is 3. The first kappa shape index (κ1) is 21.9. The van der Waals surface area contributed by atoms with Gasteiger partial charge in [0.1, 0.15) is 18.3 Å². The van der Waals surface area contributed by atoms with Gasteiger partial charge in [-0.05, 0) is 37.0 Å². The number of aliphatic hydroxyl groups is 1. The van der Waals surface area contributed by atoms with Crippen LogP contribution in [0.25, 0.3) is 22.4 Å². The van der Waals surface area contributed by atoms with E-state index >= 15 is 0 Å². The van der Waals surface area contributed by atoms with E-state index in [1.54, 1.807) is 6.07 Å². The van der Waals surface area contributed by atoms with E-state index in [1.807, 2.05) is 24.3 Å². The minimum absolute atomic E-state index is 0.251. The topological polar surface area (TPSA) is 89.5 Å². The van der Waals surface area contributed by atoms with Crippen LogP contribution >= 0.6 is 11.6 Å². The molecule has 1 unspecified atom stereocenters. The third-order valence-electron chi connectivity index (χ3n) is 6.91. The second-order valence-corrected chi connectivity index (χ2v) is 9.69. The molecule has 4 atom stereocenters. The highest BCUT2D eigenvalue weighted by atomic mass is 35.5. The first-order valence-electron chi connectivity index (χ1n) is 11.9. The summed E-state index contributed by atoms with van der Waals surface area (Å²) >= 11 is 6.56. The van der Waals surface area contributed by atoms with E-state index in [0.29, 0.717) is 34.5 Å². The van der Waals surface area contributed by atoms with E-state index < -0.39 is 6.10 Å². The number of pyridine rings is 1. The minimum atomic E-state index is -0.623. The molecule has 3 aliphatic rings. The highest BCUT2D eigenvalue weighted by Gasteiger charge is 2.48. The number of H-pyrrole nitrogens is 1. The summed E-state index contributed by atoms with van der Waals surface area (Å²) in [5.41, 5.74) is 3.74. The van der Waals surface area contributed by atoms with Crippen molar-refractivity contribution in [3.8, 4) is 29.1 Å². The predicted molar refractivity (Wildman–Crippen MR) is 128 cm³/mol. The van der Waals surface area contributed by atoms with Gasteiger partial charge in [0.2, 0.25) is 0 Å². The lowest BCUT2D eigenvalue weighted by Gasteiger charge is -2.15. The van der Waals surface area contributed by atoms with Gasteiger partial charge in [-0.15, -0.1) is 0 Å². The quantitative estimate of drug-likeness (QED) is 0.547. The van der Waals surface area contributed by atoms with Crippen LogP contribution in [0.4, 0.5) is 0 Å². The average Bonchev–Trinajstić information content (AvgIpc) is 3.62. The first-order valence-corrected chi connectivity index (χ1v) is 12.3. The van der Waals surface area contributed by atoms with E-state index in [-0.39, 0.29) is 24.9 Å².